The lowest BCUT2D eigenvalue weighted by Gasteiger charge is -2.32. The van der Waals surface area contributed by atoms with Crippen molar-refractivity contribution in [2.45, 2.75) is 6.42 Å². The first-order valence-electron chi connectivity index (χ1n) is 8.58. The maximum Gasteiger partial charge on any atom is 0.256 e. The molecule has 0 saturated carbocycles. The number of hydrogen-bond acceptors (Lipinski definition) is 6. The zero-order valence-corrected chi connectivity index (χ0v) is 14.8. The molecule has 0 radical (unpaired) electrons. The second-order valence-corrected chi connectivity index (χ2v) is 6.23. The molecule has 3 heterocycles. The Bertz CT molecular complexity index is 729. The number of aromatic nitrogens is 3. The Kier molecular flexibility index (Phi) is 5.73. The highest BCUT2D eigenvalue weighted by atomic mass is 16.2. The topological polar surface area (TPSA) is 82.5 Å². The number of piperazine rings is 1. The summed E-state index contributed by atoms with van der Waals surface area (Å²) < 4.78 is 0. The molecule has 0 unspecified atom stereocenters. The van der Waals surface area contributed by atoms with Crippen molar-refractivity contribution in [2.24, 2.45) is 0 Å². The summed E-state index contributed by atoms with van der Waals surface area (Å²) in [5.74, 6) is 0.489. The highest BCUT2D eigenvalue weighted by Crippen LogP contribution is 2.11. The number of hydrogen-bond donors (Lipinski definition) is 0. The van der Waals surface area contributed by atoms with Crippen LogP contribution < -0.4 is 4.90 Å². The molecule has 26 heavy (non-hydrogen) atoms. The number of pyridine rings is 1. The molecule has 1 aliphatic heterocycles. The average Bonchev–Trinajstić information content (AvgIpc) is 2.72. The van der Waals surface area contributed by atoms with Gasteiger partial charge < -0.3 is 14.7 Å². The van der Waals surface area contributed by atoms with Crippen LogP contribution in [0.25, 0.3) is 0 Å². The largest absolute Gasteiger partial charge is 0.342 e. The Hall–Kier alpha value is -3.03. The number of anilines is 1. The molecule has 8 nitrogen and oxygen atoms in total. The van der Waals surface area contributed by atoms with E-state index >= 15 is 0 Å². The predicted octanol–water partition coefficient (Wildman–Crippen LogP) is 0.465. The van der Waals surface area contributed by atoms with Crippen LogP contribution in [0.15, 0.2) is 36.9 Å². The molecule has 0 bridgehead atoms. The summed E-state index contributed by atoms with van der Waals surface area (Å²) in [6, 6.07) is 3.89. The van der Waals surface area contributed by atoms with Gasteiger partial charge in [0.1, 0.15) is 0 Å². The van der Waals surface area contributed by atoms with Gasteiger partial charge >= 0.3 is 0 Å². The lowest BCUT2D eigenvalue weighted by atomic mass is 10.2. The van der Waals surface area contributed by atoms with Crippen LogP contribution in [0, 0.1) is 0 Å². The highest BCUT2D eigenvalue weighted by molar-refractivity contribution is 5.93. The van der Waals surface area contributed by atoms with Crippen molar-refractivity contribution in [3.63, 3.8) is 0 Å². The van der Waals surface area contributed by atoms with Crippen LogP contribution in [-0.2, 0) is 11.2 Å². The first-order valence-corrected chi connectivity index (χ1v) is 8.58. The highest BCUT2D eigenvalue weighted by Gasteiger charge is 2.19. The quantitative estimate of drug-likeness (QED) is 0.701. The van der Waals surface area contributed by atoms with Crippen LogP contribution in [0.4, 0.5) is 5.95 Å². The van der Waals surface area contributed by atoms with Gasteiger partial charge in [0.05, 0.1) is 5.56 Å². The summed E-state index contributed by atoms with van der Waals surface area (Å²) >= 11 is 0. The molecule has 2 aromatic rings. The molecule has 1 saturated heterocycles. The molecule has 0 aromatic carbocycles. The van der Waals surface area contributed by atoms with Gasteiger partial charge in [0.2, 0.25) is 12.4 Å². The molecule has 0 aliphatic carbocycles. The summed E-state index contributed by atoms with van der Waals surface area (Å²) in [7, 11) is 1.77. The van der Waals surface area contributed by atoms with Gasteiger partial charge in [-0.2, -0.15) is 0 Å². The van der Waals surface area contributed by atoms with Gasteiger partial charge in [0, 0.05) is 64.6 Å². The van der Waals surface area contributed by atoms with E-state index in [4.69, 9.17) is 0 Å². The molecule has 136 valence electrons. The van der Waals surface area contributed by atoms with Crippen molar-refractivity contribution in [3.05, 3.63) is 48.0 Å². The van der Waals surface area contributed by atoms with Crippen molar-refractivity contribution < 1.29 is 9.59 Å². The zero-order valence-electron chi connectivity index (χ0n) is 14.8. The van der Waals surface area contributed by atoms with E-state index in [1.54, 1.807) is 41.6 Å². The van der Waals surface area contributed by atoms with E-state index in [-0.39, 0.29) is 5.91 Å². The minimum atomic E-state index is -0.101. The lowest BCUT2D eigenvalue weighted by molar-refractivity contribution is -0.118. The molecular formula is C18H22N6O2. The maximum absolute atomic E-state index is 12.5. The minimum Gasteiger partial charge on any atom is -0.342 e. The molecule has 2 amide bonds. The van der Waals surface area contributed by atoms with Crippen LogP contribution in [0.3, 0.4) is 0 Å². The fourth-order valence-electron chi connectivity index (χ4n) is 2.79. The average molecular weight is 354 g/mol. The molecule has 8 heteroatoms. The van der Waals surface area contributed by atoms with Crippen molar-refractivity contribution in [1.29, 1.82) is 0 Å². The summed E-state index contributed by atoms with van der Waals surface area (Å²) in [6.45, 7) is 3.31. The smallest absolute Gasteiger partial charge is 0.256 e. The van der Waals surface area contributed by atoms with Crippen LogP contribution in [0.5, 0.6) is 0 Å². The number of amides is 2. The number of carbonyl (C=O) groups excluding carboxylic acids is 2. The third-order valence-corrected chi connectivity index (χ3v) is 4.46. The van der Waals surface area contributed by atoms with E-state index in [1.165, 1.54) is 0 Å². The van der Waals surface area contributed by atoms with Crippen LogP contribution >= 0.6 is 0 Å². The molecule has 0 spiro atoms. The van der Waals surface area contributed by atoms with Crippen molar-refractivity contribution in [2.75, 3.05) is 44.7 Å². The number of likely N-dealkylation sites (N-methyl/N-ethyl adjacent to an activating group) is 1. The molecule has 0 N–H and O–H groups in total. The Morgan fingerprint density at radius 1 is 1.15 bits per heavy atom. The van der Waals surface area contributed by atoms with E-state index < -0.39 is 0 Å². The predicted molar refractivity (Wildman–Crippen MR) is 96.8 cm³/mol. The molecule has 1 aliphatic rings. The summed E-state index contributed by atoms with van der Waals surface area (Å²) in [4.78, 5) is 41.3. The SMILES string of the molecule is CN(CCc1ccncc1)C(=O)c1cnc(N2CCN(C=O)CC2)nc1. The van der Waals surface area contributed by atoms with Gasteiger partial charge in [0.25, 0.3) is 5.91 Å². The van der Waals surface area contributed by atoms with Gasteiger partial charge in [0.15, 0.2) is 0 Å². The molecule has 2 aromatic heterocycles. The fourth-order valence-corrected chi connectivity index (χ4v) is 2.79. The first-order chi connectivity index (χ1) is 12.7. The standard InChI is InChI=1S/C18H22N6O2/c1-22(7-4-15-2-5-19-6-3-15)17(26)16-12-20-18(21-13-16)24-10-8-23(14-25)9-11-24/h2-3,5-6,12-14H,4,7-11H2,1H3. The van der Waals surface area contributed by atoms with Gasteiger partial charge in [-0.15, -0.1) is 0 Å². The molecule has 1 fully saturated rings. The lowest BCUT2D eigenvalue weighted by Crippen LogP contribution is -2.46. The Labute approximate surface area is 152 Å². The van der Waals surface area contributed by atoms with E-state index in [0.29, 0.717) is 44.2 Å². The second-order valence-electron chi connectivity index (χ2n) is 6.23. The van der Waals surface area contributed by atoms with Crippen LogP contribution in [0.1, 0.15) is 15.9 Å². The summed E-state index contributed by atoms with van der Waals surface area (Å²) in [5, 5.41) is 0. The van der Waals surface area contributed by atoms with Gasteiger partial charge in [-0.25, -0.2) is 9.97 Å². The monoisotopic (exact) mass is 354 g/mol. The Balaban J connectivity index is 1.55. The van der Waals surface area contributed by atoms with Gasteiger partial charge in [-0.3, -0.25) is 14.6 Å². The zero-order chi connectivity index (χ0) is 18.4. The maximum atomic E-state index is 12.5. The number of nitrogens with zero attached hydrogens (tertiary/aromatic N) is 6. The van der Waals surface area contributed by atoms with E-state index in [1.807, 2.05) is 17.0 Å². The van der Waals surface area contributed by atoms with E-state index in [9.17, 15) is 9.59 Å². The van der Waals surface area contributed by atoms with Crippen LogP contribution in [-0.4, -0.2) is 76.8 Å². The third kappa shape index (κ3) is 4.33. The fraction of sp³-hybridized carbons (Fsp3) is 0.389. The van der Waals surface area contributed by atoms with Crippen molar-refractivity contribution in [3.8, 4) is 0 Å². The van der Waals surface area contributed by atoms with E-state index in [0.717, 1.165) is 18.4 Å². The normalized spacial score (nSPS) is 14.2. The molecular weight excluding hydrogens is 332 g/mol. The Morgan fingerprint density at radius 2 is 1.81 bits per heavy atom. The van der Waals surface area contributed by atoms with Crippen molar-refractivity contribution >= 4 is 18.3 Å². The van der Waals surface area contributed by atoms with Crippen molar-refractivity contribution in [1.82, 2.24) is 24.8 Å². The molecule has 0 atom stereocenters. The Morgan fingerprint density at radius 3 is 2.42 bits per heavy atom. The van der Waals surface area contributed by atoms with Gasteiger partial charge in [-0.1, -0.05) is 0 Å². The summed E-state index contributed by atoms with van der Waals surface area (Å²) in [6.07, 6.45) is 8.27. The van der Waals surface area contributed by atoms with E-state index in [2.05, 4.69) is 15.0 Å². The number of carbonyl (C=O) groups is 2. The summed E-state index contributed by atoms with van der Waals surface area (Å²) in [5.41, 5.74) is 1.61. The number of rotatable bonds is 6. The minimum absolute atomic E-state index is 0.101. The third-order valence-electron chi connectivity index (χ3n) is 4.46. The second kappa shape index (κ2) is 8.37. The first kappa shape index (κ1) is 17.8. The van der Waals surface area contributed by atoms with Gasteiger partial charge in [-0.05, 0) is 24.1 Å². The van der Waals surface area contributed by atoms with Crippen LogP contribution in [0.2, 0.25) is 0 Å². The molecule has 3 rings (SSSR count).